The van der Waals surface area contributed by atoms with Gasteiger partial charge in [0.2, 0.25) is 0 Å². The number of nitrogens with one attached hydrogen (secondary N) is 2. The molecule has 2 aromatic rings. The Balaban J connectivity index is 1.89. The zero-order chi connectivity index (χ0) is 17.9. The summed E-state index contributed by atoms with van der Waals surface area (Å²) >= 11 is 0. The van der Waals surface area contributed by atoms with Gasteiger partial charge in [-0.05, 0) is 30.7 Å². The van der Waals surface area contributed by atoms with Crippen molar-refractivity contribution in [2.24, 2.45) is 4.99 Å². The standard InChI is InChI=1S/C19H27N3O3/c1-15-7-8-16(18(12-15)25-11-5-9-23-3)13-21-19(20-2)22-14-17-6-4-10-24-17/h4,6-8,10,12H,5,9,11,13-14H2,1-3H3,(H2,20,21,22). The number of ether oxygens (including phenoxy) is 2. The van der Waals surface area contributed by atoms with E-state index in [0.717, 1.165) is 23.5 Å². The molecule has 0 aliphatic rings. The molecular weight excluding hydrogens is 318 g/mol. The van der Waals surface area contributed by atoms with Crippen LogP contribution in [0.2, 0.25) is 0 Å². The maximum absolute atomic E-state index is 5.91. The van der Waals surface area contributed by atoms with Gasteiger partial charge in [0.25, 0.3) is 0 Å². The van der Waals surface area contributed by atoms with Crippen LogP contribution in [0.15, 0.2) is 46.0 Å². The fourth-order valence-electron chi connectivity index (χ4n) is 2.31. The smallest absolute Gasteiger partial charge is 0.191 e. The topological polar surface area (TPSA) is 68.0 Å². The van der Waals surface area contributed by atoms with Crippen molar-refractivity contribution < 1.29 is 13.9 Å². The van der Waals surface area contributed by atoms with E-state index in [1.165, 1.54) is 5.56 Å². The van der Waals surface area contributed by atoms with Crippen molar-refractivity contribution in [2.45, 2.75) is 26.4 Å². The molecule has 6 heteroatoms. The molecule has 0 fully saturated rings. The highest BCUT2D eigenvalue weighted by atomic mass is 16.5. The molecule has 0 unspecified atom stereocenters. The van der Waals surface area contributed by atoms with Gasteiger partial charge in [-0.3, -0.25) is 4.99 Å². The monoisotopic (exact) mass is 345 g/mol. The van der Waals surface area contributed by atoms with Crippen molar-refractivity contribution in [1.82, 2.24) is 10.6 Å². The van der Waals surface area contributed by atoms with Gasteiger partial charge in [0.1, 0.15) is 11.5 Å². The van der Waals surface area contributed by atoms with E-state index < -0.39 is 0 Å². The average molecular weight is 345 g/mol. The van der Waals surface area contributed by atoms with Gasteiger partial charge in [0.05, 0.1) is 19.4 Å². The number of hydrogen-bond donors (Lipinski definition) is 2. The lowest BCUT2D eigenvalue weighted by Gasteiger charge is -2.15. The summed E-state index contributed by atoms with van der Waals surface area (Å²) in [4.78, 5) is 4.23. The van der Waals surface area contributed by atoms with Crippen LogP contribution in [0.1, 0.15) is 23.3 Å². The summed E-state index contributed by atoms with van der Waals surface area (Å²) in [6.45, 7) is 4.60. The second-order valence-electron chi connectivity index (χ2n) is 5.66. The first kappa shape index (κ1) is 18.9. The van der Waals surface area contributed by atoms with Crippen LogP contribution >= 0.6 is 0 Å². The van der Waals surface area contributed by atoms with Gasteiger partial charge in [-0.25, -0.2) is 0 Å². The van der Waals surface area contributed by atoms with Crippen molar-refractivity contribution in [3.05, 3.63) is 53.5 Å². The Hall–Kier alpha value is -2.47. The molecule has 1 aromatic carbocycles. The molecule has 2 rings (SSSR count). The molecule has 0 saturated carbocycles. The number of hydrogen-bond acceptors (Lipinski definition) is 4. The van der Waals surface area contributed by atoms with E-state index in [1.54, 1.807) is 20.4 Å². The third kappa shape index (κ3) is 6.51. The second kappa shape index (κ2) is 10.4. The Morgan fingerprint density at radius 1 is 1.16 bits per heavy atom. The largest absolute Gasteiger partial charge is 0.493 e. The van der Waals surface area contributed by atoms with Gasteiger partial charge >= 0.3 is 0 Å². The molecule has 0 saturated heterocycles. The Kier molecular flexibility index (Phi) is 7.85. The van der Waals surface area contributed by atoms with Crippen molar-refractivity contribution in [3.8, 4) is 5.75 Å². The van der Waals surface area contributed by atoms with Gasteiger partial charge in [-0.15, -0.1) is 0 Å². The maximum atomic E-state index is 5.91. The van der Waals surface area contributed by atoms with Gasteiger partial charge in [-0.2, -0.15) is 0 Å². The Morgan fingerprint density at radius 3 is 2.72 bits per heavy atom. The van der Waals surface area contributed by atoms with Gasteiger partial charge in [-0.1, -0.05) is 12.1 Å². The molecule has 1 aromatic heterocycles. The molecule has 0 spiro atoms. The van der Waals surface area contributed by atoms with Crippen LogP contribution in [0.3, 0.4) is 0 Å². The number of rotatable bonds is 9. The third-order valence-corrected chi connectivity index (χ3v) is 3.65. The molecule has 0 bridgehead atoms. The summed E-state index contributed by atoms with van der Waals surface area (Å²) in [5, 5.41) is 6.52. The lowest BCUT2D eigenvalue weighted by molar-refractivity contribution is 0.171. The zero-order valence-corrected chi connectivity index (χ0v) is 15.2. The van der Waals surface area contributed by atoms with Crippen molar-refractivity contribution in [3.63, 3.8) is 0 Å². The zero-order valence-electron chi connectivity index (χ0n) is 15.2. The van der Waals surface area contributed by atoms with E-state index >= 15 is 0 Å². The molecule has 0 atom stereocenters. The van der Waals surface area contributed by atoms with E-state index in [0.29, 0.717) is 32.3 Å². The minimum atomic E-state index is 0.584. The first-order valence-electron chi connectivity index (χ1n) is 8.41. The average Bonchev–Trinajstić information content (AvgIpc) is 3.14. The predicted octanol–water partition coefficient (Wildman–Crippen LogP) is 2.87. The summed E-state index contributed by atoms with van der Waals surface area (Å²) in [6.07, 6.45) is 2.52. The van der Waals surface area contributed by atoms with Crippen LogP contribution in [0, 0.1) is 6.92 Å². The summed E-state index contributed by atoms with van der Waals surface area (Å²) in [7, 11) is 3.44. The van der Waals surface area contributed by atoms with Crippen LogP contribution in [0.5, 0.6) is 5.75 Å². The van der Waals surface area contributed by atoms with E-state index in [9.17, 15) is 0 Å². The van der Waals surface area contributed by atoms with Crippen LogP contribution < -0.4 is 15.4 Å². The normalized spacial score (nSPS) is 11.4. The van der Waals surface area contributed by atoms with Crippen LogP contribution in [0.25, 0.3) is 0 Å². The molecule has 1 heterocycles. The number of furan rings is 1. The highest BCUT2D eigenvalue weighted by molar-refractivity contribution is 5.79. The fraction of sp³-hybridized carbons (Fsp3) is 0.421. The van der Waals surface area contributed by atoms with E-state index in [2.05, 4.69) is 40.7 Å². The molecule has 0 aliphatic carbocycles. The molecule has 0 aliphatic heterocycles. The fourth-order valence-corrected chi connectivity index (χ4v) is 2.31. The van der Waals surface area contributed by atoms with E-state index in [-0.39, 0.29) is 0 Å². The molecule has 0 amide bonds. The summed E-state index contributed by atoms with van der Waals surface area (Å²) in [6, 6.07) is 10.0. The lowest BCUT2D eigenvalue weighted by atomic mass is 10.1. The maximum Gasteiger partial charge on any atom is 0.191 e. The van der Waals surface area contributed by atoms with Crippen LogP contribution in [0.4, 0.5) is 0 Å². The van der Waals surface area contributed by atoms with Crippen molar-refractivity contribution in [2.75, 3.05) is 27.4 Å². The summed E-state index contributed by atoms with van der Waals surface area (Å²) in [5.41, 5.74) is 2.26. The number of guanidine groups is 1. The molecule has 25 heavy (non-hydrogen) atoms. The first-order valence-corrected chi connectivity index (χ1v) is 8.41. The molecular formula is C19H27N3O3. The van der Waals surface area contributed by atoms with Crippen molar-refractivity contribution in [1.29, 1.82) is 0 Å². The number of aliphatic imine (C=N–C) groups is 1. The Labute approximate surface area is 149 Å². The predicted molar refractivity (Wildman–Crippen MR) is 98.9 cm³/mol. The number of aryl methyl sites for hydroxylation is 1. The SMILES string of the molecule is CN=C(NCc1ccco1)NCc1ccc(C)cc1OCCCOC. The number of nitrogens with zero attached hydrogens (tertiary/aromatic N) is 1. The Bertz CT molecular complexity index is 654. The molecule has 2 N–H and O–H groups in total. The van der Waals surface area contributed by atoms with Gasteiger partial charge in [0, 0.05) is 39.3 Å². The highest BCUT2D eigenvalue weighted by Gasteiger charge is 2.06. The third-order valence-electron chi connectivity index (χ3n) is 3.65. The van der Waals surface area contributed by atoms with Crippen LogP contribution in [-0.4, -0.2) is 33.3 Å². The first-order chi connectivity index (χ1) is 12.2. The number of benzene rings is 1. The Morgan fingerprint density at radius 2 is 2.00 bits per heavy atom. The van der Waals surface area contributed by atoms with E-state index in [4.69, 9.17) is 13.9 Å². The second-order valence-corrected chi connectivity index (χ2v) is 5.66. The molecule has 6 nitrogen and oxygen atoms in total. The van der Waals surface area contributed by atoms with Crippen LogP contribution in [-0.2, 0) is 17.8 Å². The summed E-state index contributed by atoms with van der Waals surface area (Å²) < 4.78 is 16.3. The minimum absolute atomic E-state index is 0.584. The lowest BCUT2D eigenvalue weighted by Crippen LogP contribution is -2.36. The quantitative estimate of drug-likeness (QED) is 0.415. The van der Waals surface area contributed by atoms with Gasteiger partial charge < -0.3 is 24.5 Å². The van der Waals surface area contributed by atoms with Gasteiger partial charge in [0.15, 0.2) is 5.96 Å². The van der Waals surface area contributed by atoms with Crippen molar-refractivity contribution >= 4 is 5.96 Å². The molecule has 136 valence electrons. The highest BCUT2D eigenvalue weighted by Crippen LogP contribution is 2.20. The minimum Gasteiger partial charge on any atom is -0.493 e. The summed E-state index contributed by atoms with van der Waals surface area (Å²) in [5.74, 6) is 2.47. The van der Waals surface area contributed by atoms with E-state index in [1.807, 2.05) is 12.1 Å². The molecule has 0 radical (unpaired) electrons. The number of methoxy groups -OCH3 is 1.